The van der Waals surface area contributed by atoms with E-state index in [1.54, 1.807) is 26.0 Å². The van der Waals surface area contributed by atoms with Crippen molar-refractivity contribution in [3.8, 4) is 5.75 Å². The van der Waals surface area contributed by atoms with E-state index in [1.165, 1.54) is 12.1 Å². The molecule has 5 aliphatic rings. The smallest absolute Gasteiger partial charge is 0.198 e. The fraction of sp³-hybridized carbons (Fsp3) is 0.484. The Balaban J connectivity index is 1.21. The normalized spacial score (nSPS) is 36.1. The molecule has 2 N–H and O–H groups in total. The first kappa shape index (κ1) is 26.6. The molecule has 0 saturated carbocycles. The van der Waals surface area contributed by atoms with E-state index in [1.807, 2.05) is 6.92 Å². The highest BCUT2D eigenvalue weighted by Crippen LogP contribution is 2.46. The number of phenols is 1. The Labute approximate surface area is 235 Å². The van der Waals surface area contributed by atoms with E-state index in [-0.39, 0.29) is 65.0 Å². The summed E-state index contributed by atoms with van der Waals surface area (Å²) < 4.78 is 24.3. The molecule has 2 aromatic carbocycles. The summed E-state index contributed by atoms with van der Waals surface area (Å²) in [5.74, 6) is -1.89. The Morgan fingerprint density at radius 3 is 2.32 bits per heavy atom. The third-order valence-corrected chi connectivity index (χ3v) is 8.98. The molecule has 0 aromatic heterocycles. The number of aliphatic hydroxyl groups is 1. The Bertz CT molecular complexity index is 1540. The van der Waals surface area contributed by atoms with Gasteiger partial charge in [-0.25, -0.2) is 0 Å². The number of aromatic hydroxyl groups is 1. The van der Waals surface area contributed by atoms with E-state index < -0.39 is 65.9 Å². The summed E-state index contributed by atoms with van der Waals surface area (Å²) in [4.78, 5) is 52.6. The van der Waals surface area contributed by atoms with Gasteiger partial charge in [-0.15, -0.1) is 0 Å². The van der Waals surface area contributed by atoms with Gasteiger partial charge < -0.3 is 29.2 Å². The minimum absolute atomic E-state index is 0.0103. The number of phenolic OH excluding ortho intramolecular Hbond substituents is 1. The van der Waals surface area contributed by atoms with Gasteiger partial charge in [0.05, 0.1) is 29.5 Å². The summed E-state index contributed by atoms with van der Waals surface area (Å²) >= 11 is 0. The molecule has 10 nitrogen and oxygen atoms in total. The van der Waals surface area contributed by atoms with Crippen LogP contribution in [0.15, 0.2) is 24.3 Å². The molecule has 0 amide bonds. The largest absolute Gasteiger partial charge is 0.507 e. The summed E-state index contributed by atoms with van der Waals surface area (Å²) in [7, 11) is 0. The van der Waals surface area contributed by atoms with Crippen LogP contribution in [0.4, 0.5) is 0 Å². The van der Waals surface area contributed by atoms with Crippen LogP contribution in [0.1, 0.15) is 99.5 Å². The summed E-state index contributed by atoms with van der Waals surface area (Å²) in [6.45, 7) is 5.07. The number of rotatable bonds is 1. The van der Waals surface area contributed by atoms with E-state index in [9.17, 15) is 29.4 Å². The molecule has 3 aliphatic heterocycles. The highest BCUT2D eigenvalue weighted by molar-refractivity contribution is 6.32. The van der Waals surface area contributed by atoms with Crippen molar-refractivity contribution in [1.82, 2.24) is 0 Å². The number of carbonyl (C=O) groups excluding carboxylic acids is 4. The van der Waals surface area contributed by atoms with E-state index in [0.29, 0.717) is 11.1 Å². The van der Waals surface area contributed by atoms with Gasteiger partial charge in [-0.05, 0) is 38.5 Å². The fourth-order valence-corrected chi connectivity index (χ4v) is 7.01. The van der Waals surface area contributed by atoms with Gasteiger partial charge in [0.15, 0.2) is 29.4 Å². The van der Waals surface area contributed by atoms with Crippen molar-refractivity contribution >= 4 is 23.1 Å². The molecular weight excluding hydrogens is 532 g/mol. The van der Waals surface area contributed by atoms with Crippen LogP contribution in [0.25, 0.3) is 0 Å². The monoisotopic (exact) mass is 562 g/mol. The summed E-state index contributed by atoms with van der Waals surface area (Å²) in [6.07, 6.45) is -3.31. The van der Waals surface area contributed by atoms with E-state index in [2.05, 4.69) is 0 Å². The number of Topliss-reactive ketones (excluding diaryl/α,β-unsaturated/α-hetero) is 2. The van der Waals surface area contributed by atoms with Gasteiger partial charge in [-0.2, -0.15) is 0 Å². The number of ether oxygens (including phenoxy) is 4. The Morgan fingerprint density at radius 1 is 0.829 bits per heavy atom. The lowest BCUT2D eigenvalue weighted by Gasteiger charge is -2.49. The first-order valence-corrected chi connectivity index (χ1v) is 13.9. The van der Waals surface area contributed by atoms with Gasteiger partial charge in [-0.3, -0.25) is 19.2 Å². The second-order valence-corrected chi connectivity index (χ2v) is 12.1. The van der Waals surface area contributed by atoms with Crippen molar-refractivity contribution in [3.05, 3.63) is 63.2 Å². The quantitative estimate of drug-likeness (QED) is 0.454. The van der Waals surface area contributed by atoms with Gasteiger partial charge in [-0.1, -0.05) is 12.1 Å². The van der Waals surface area contributed by atoms with E-state index >= 15 is 0 Å². The van der Waals surface area contributed by atoms with E-state index in [0.717, 1.165) is 0 Å². The van der Waals surface area contributed by atoms with Crippen LogP contribution in [0.3, 0.4) is 0 Å². The maximum Gasteiger partial charge on any atom is 0.198 e. The molecule has 41 heavy (non-hydrogen) atoms. The molecule has 3 fully saturated rings. The van der Waals surface area contributed by atoms with E-state index in [4.69, 9.17) is 18.9 Å². The molecule has 4 unspecified atom stereocenters. The van der Waals surface area contributed by atoms with Crippen molar-refractivity contribution in [3.63, 3.8) is 0 Å². The van der Waals surface area contributed by atoms with Crippen molar-refractivity contribution in [2.24, 2.45) is 0 Å². The van der Waals surface area contributed by atoms with Crippen LogP contribution in [-0.4, -0.2) is 75.8 Å². The van der Waals surface area contributed by atoms with Crippen molar-refractivity contribution in [1.29, 1.82) is 0 Å². The lowest BCUT2D eigenvalue weighted by atomic mass is 9.73. The SMILES string of the molecule is C[C@@H]1OC2OC3C(C[C@H](c4ccc5c(c4O)C(=O)c4ccc6c(c4C5=O)C(=O)C[C@](C)(O)C6)O[C@@H]3C)OC2CC1=O. The first-order chi connectivity index (χ1) is 19.4. The number of ketones is 4. The predicted molar refractivity (Wildman–Crippen MR) is 140 cm³/mol. The van der Waals surface area contributed by atoms with Gasteiger partial charge in [0, 0.05) is 53.5 Å². The minimum atomic E-state index is -1.23. The summed E-state index contributed by atoms with van der Waals surface area (Å²) in [6, 6.07) is 6.13. The molecule has 0 bridgehead atoms. The van der Waals surface area contributed by atoms with Gasteiger partial charge >= 0.3 is 0 Å². The molecule has 7 rings (SSSR count). The third kappa shape index (κ3) is 4.04. The lowest BCUT2D eigenvalue weighted by molar-refractivity contribution is -0.347. The van der Waals surface area contributed by atoms with Crippen molar-refractivity contribution < 1.29 is 48.3 Å². The molecule has 8 atom stereocenters. The first-order valence-electron chi connectivity index (χ1n) is 13.9. The van der Waals surface area contributed by atoms with Gasteiger partial charge in [0.1, 0.15) is 24.1 Å². The fourth-order valence-electron chi connectivity index (χ4n) is 7.01. The second kappa shape index (κ2) is 9.11. The zero-order valence-electron chi connectivity index (χ0n) is 22.8. The van der Waals surface area contributed by atoms with Crippen LogP contribution in [0.5, 0.6) is 5.75 Å². The van der Waals surface area contributed by atoms with Gasteiger partial charge in [0.25, 0.3) is 0 Å². The van der Waals surface area contributed by atoms with Crippen LogP contribution in [-0.2, 0) is 30.2 Å². The zero-order chi connectivity index (χ0) is 29.0. The van der Waals surface area contributed by atoms with Crippen LogP contribution in [0, 0.1) is 0 Å². The summed E-state index contributed by atoms with van der Waals surface area (Å²) in [5, 5.41) is 21.9. The standard InChI is InChI=1S/C31H30O10/c1-12-18(32)8-22-30(39-12)41-29-13(2)38-20(9-21(29)40-22)15-6-7-17-25(26(15)34)28(36)16-5-4-14-10-31(3,37)11-19(33)23(14)24(16)27(17)35/h4-7,12-13,20-22,29-30,34,37H,8-11H2,1-3H3/t12-,13+,20+,21?,22?,29?,30?,31+/m0/s1. The maximum absolute atomic E-state index is 13.7. The third-order valence-electron chi connectivity index (χ3n) is 8.98. The number of carbonyl (C=O) groups is 4. The van der Waals surface area contributed by atoms with Crippen LogP contribution < -0.4 is 0 Å². The predicted octanol–water partition coefficient (Wildman–Crippen LogP) is 2.75. The number of fused-ring (bicyclic) bond motifs is 6. The number of hydrogen-bond acceptors (Lipinski definition) is 10. The average molecular weight is 563 g/mol. The number of hydrogen-bond donors (Lipinski definition) is 2. The Morgan fingerprint density at radius 2 is 1.54 bits per heavy atom. The van der Waals surface area contributed by atoms with Crippen LogP contribution in [0.2, 0.25) is 0 Å². The highest BCUT2D eigenvalue weighted by Gasteiger charge is 2.50. The molecule has 0 radical (unpaired) electrons. The lowest BCUT2D eigenvalue weighted by Crippen LogP contribution is -2.60. The molecule has 0 spiro atoms. The molecule has 214 valence electrons. The average Bonchev–Trinajstić information content (AvgIpc) is 2.90. The van der Waals surface area contributed by atoms with Crippen molar-refractivity contribution in [2.45, 2.75) is 95.0 Å². The molecular formula is C31H30O10. The molecule has 2 aliphatic carbocycles. The molecule has 2 aromatic rings. The highest BCUT2D eigenvalue weighted by atomic mass is 16.7. The Hall–Kier alpha value is -3.28. The second-order valence-electron chi connectivity index (χ2n) is 12.1. The molecule has 3 heterocycles. The minimum Gasteiger partial charge on any atom is -0.507 e. The Kier molecular flexibility index (Phi) is 5.91. The molecule has 3 saturated heterocycles. The van der Waals surface area contributed by atoms with Crippen molar-refractivity contribution in [2.75, 3.05) is 0 Å². The topological polar surface area (TPSA) is 146 Å². The zero-order valence-corrected chi connectivity index (χ0v) is 22.8. The summed E-state index contributed by atoms with van der Waals surface area (Å²) in [5.41, 5.74) is -0.250. The van der Waals surface area contributed by atoms with Crippen LogP contribution >= 0.6 is 0 Å². The van der Waals surface area contributed by atoms with Gasteiger partial charge in [0.2, 0.25) is 0 Å². The number of benzene rings is 2. The molecule has 10 heteroatoms. The maximum atomic E-state index is 13.7.